The zero-order valence-electron chi connectivity index (χ0n) is 13.6. The van der Waals surface area contributed by atoms with Crippen molar-refractivity contribution in [1.82, 2.24) is 10.2 Å². The third kappa shape index (κ3) is 7.14. The van der Waals surface area contributed by atoms with Gasteiger partial charge in [0.25, 0.3) is 0 Å². The van der Waals surface area contributed by atoms with Gasteiger partial charge in [0.2, 0.25) is 11.8 Å². The molecule has 0 radical (unpaired) electrons. The highest BCUT2D eigenvalue weighted by Gasteiger charge is 2.29. The van der Waals surface area contributed by atoms with Crippen molar-refractivity contribution in [2.24, 2.45) is 17.1 Å². The Labute approximate surface area is 134 Å². The summed E-state index contributed by atoms with van der Waals surface area (Å²) < 4.78 is 0. The van der Waals surface area contributed by atoms with Crippen molar-refractivity contribution in [3.05, 3.63) is 0 Å². The Bertz CT molecular complexity index is 355. The average molecular weight is 320 g/mol. The number of piperidine rings is 1. The molecule has 0 aromatic rings. The van der Waals surface area contributed by atoms with Gasteiger partial charge in [-0.15, -0.1) is 12.4 Å². The Kier molecular flexibility index (Phi) is 8.26. The maximum Gasteiger partial charge on any atom is 0.242 e. The molecule has 5 nitrogen and oxygen atoms in total. The van der Waals surface area contributed by atoms with Gasteiger partial charge in [0.1, 0.15) is 0 Å². The highest BCUT2D eigenvalue weighted by molar-refractivity contribution is 5.85. The van der Waals surface area contributed by atoms with Gasteiger partial charge < -0.3 is 16.0 Å². The van der Waals surface area contributed by atoms with Crippen LogP contribution in [0.25, 0.3) is 0 Å². The molecule has 1 saturated heterocycles. The third-order valence-electron chi connectivity index (χ3n) is 3.70. The summed E-state index contributed by atoms with van der Waals surface area (Å²) in [7, 11) is 0. The number of nitrogens with two attached hydrogens (primary N) is 1. The first kappa shape index (κ1) is 20.2. The van der Waals surface area contributed by atoms with E-state index in [0.29, 0.717) is 18.9 Å². The third-order valence-corrected chi connectivity index (χ3v) is 3.70. The van der Waals surface area contributed by atoms with Gasteiger partial charge in [-0.1, -0.05) is 27.7 Å². The molecule has 1 aliphatic rings. The van der Waals surface area contributed by atoms with Crippen LogP contribution in [-0.2, 0) is 9.59 Å². The van der Waals surface area contributed by atoms with Crippen LogP contribution in [0.1, 0.15) is 47.0 Å². The number of rotatable bonds is 4. The summed E-state index contributed by atoms with van der Waals surface area (Å²) in [6, 6.07) is 0.116. The molecule has 1 heterocycles. The maximum atomic E-state index is 12.2. The van der Waals surface area contributed by atoms with Crippen LogP contribution in [0.2, 0.25) is 0 Å². The van der Waals surface area contributed by atoms with E-state index in [4.69, 9.17) is 5.73 Å². The molecule has 6 heteroatoms. The van der Waals surface area contributed by atoms with Gasteiger partial charge in [0, 0.05) is 25.6 Å². The summed E-state index contributed by atoms with van der Waals surface area (Å²) >= 11 is 0. The van der Waals surface area contributed by atoms with Crippen LogP contribution in [0, 0.1) is 11.3 Å². The van der Waals surface area contributed by atoms with E-state index in [-0.39, 0.29) is 42.2 Å². The molecule has 0 spiro atoms. The lowest BCUT2D eigenvalue weighted by Crippen LogP contribution is -2.52. The summed E-state index contributed by atoms with van der Waals surface area (Å²) in [5.41, 5.74) is 5.69. The monoisotopic (exact) mass is 319 g/mol. The molecule has 1 fully saturated rings. The molecule has 0 bridgehead atoms. The number of carbonyl (C=O) groups is 2. The molecule has 0 aromatic heterocycles. The molecule has 124 valence electrons. The molecule has 2 atom stereocenters. The SMILES string of the molecule is CC1CCN(C(=O)CNC(=O)CC(C)(C)C)C(CN)C1.Cl. The minimum Gasteiger partial charge on any atom is -0.347 e. The van der Waals surface area contributed by atoms with E-state index < -0.39 is 0 Å². The minimum atomic E-state index is -0.0690. The average Bonchev–Trinajstić information content (AvgIpc) is 2.33. The highest BCUT2D eigenvalue weighted by Crippen LogP contribution is 2.22. The summed E-state index contributed by atoms with van der Waals surface area (Å²) in [5, 5.41) is 2.72. The smallest absolute Gasteiger partial charge is 0.242 e. The Morgan fingerprint density at radius 3 is 2.48 bits per heavy atom. The highest BCUT2D eigenvalue weighted by atomic mass is 35.5. The van der Waals surface area contributed by atoms with Crippen LogP contribution in [0.5, 0.6) is 0 Å². The van der Waals surface area contributed by atoms with Crippen molar-refractivity contribution in [2.45, 2.75) is 53.0 Å². The normalized spacial score (nSPS) is 22.4. The van der Waals surface area contributed by atoms with E-state index in [0.717, 1.165) is 19.4 Å². The first-order chi connectivity index (χ1) is 9.23. The van der Waals surface area contributed by atoms with Gasteiger partial charge in [-0.05, 0) is 24.2 Å². The molecule has 0 saturated carbocycles. The van der Waals surface area contributed by atoms with E-state index in [9.17, 15) is 9.59 Å². The lowest BCUT2D eigenvalue weighted by molar-refractivity contribution is -0.136. The molecule has 2 amide bonds. The van der Waals surface area contributed by atoms with Gasteiger partial charge in [-0.2, -0.15) is 0 Å². The maximum absolute atomic E-state index is 12.2. The first-order valence-corrected chi connectivity index (χ1v) is 7.49. The molecule has 0 aromatic carbocycles. The van der Waals surface area contributed by atoms with E-state index in [1.807, 2.05) is 25.7 Å². The fraction of sp³-hybridized carbons (Fsp3) is 0.867. The van der Waals surface area contributed by atoms with Crippen molar-refractivity contribution < 1.29 is 9.59 Å². The number of amides is 2. The molecule has 21 heavy (non-hydrogen) atoms. The summed E-state index contributed by atoms with van der Waals surface area (Å²) in [4.78, 5) is 25.8. The van der Waals surface area contributed by atoms with Gasteiger partial charge in [-0.25, -0.2) is 0 Å². The van der Waals surface area contributed by atoms with E-state index >= 15 is 0 Å². The summed E-state index contributed by atoms with van der Waals surface area (Å²) in [5.74, 6) is 0.526. The topological polar surface area (TPSA) is 75.4 Å². The molecular weight excluding hydrogens is 290 g/mol. The second kappa shape index (κ2) is 8.59. The summed E-state index contributed by atoms with van der Waals surface area (Å²) in [6.07, 6.45) is 2.40. The van der Waals surface area contributed by atoms with E-state index in [1.54, 1.807) is 0 Å². The van der Waals surface area contributed by atoms with E-state index in [1.165, 1.54) is 0 Å². The predicted molar refractivity (Wildman–Crippen MR) is 87.3 cm³/mol. The number of carbonyl (C=O) groups excluding carboxylic acids is 2. The number of nitrogens with one attached hydrogen (secondary N) is 1. The van der Waals surface area contributed by atoms with Crippen molar-refractivity contribution in [1.29, 1.82) is 0 Å². The first-order valence-electron chi connectivity index (χ1n) is 7.49. The second-order valence-corrected chi connectivity index (χ2v) is 7.12. The number of likely N-dealkylation sites (tertiary alicyclic amines) is 1. The second-order valence-electron chi connectivity index (χ2n) is 7.12. The lowest BCUT2D eigenvalue weighted by Gasteiger charge is -2.38. The Balaban J connectivity index is 0.00000400. The number of hydrogen-bond acceptors (Lipinski definition) is 3. The van der Waals surface area contributed by atoms with Crippen molar-refractivity contribution >= 4 is 24.2 Å². The zero-order chi connectivity index (χ0) is 15.3. The molecular formula is C15H30ClN3O2. The molecule has 0 aliphatic carbocycles. The minimum absolute atomic E-state index is 0. The number of halogens is 1. The lowest BCUT2D eigenvalue weighted by atomic mass is 9.92. The fourth-order valence-electron chi connectivity index (χ4n) is 2.62. The fourth-order valence-corrected chi connectivity index (χ4v) is 2.62. The van der Waals surface area contributed by atoms with Gasteiger partial charge in [0.15, 0.2) is 0 Å². The zero-order valence-corrected chi connectivity index (χ0v) is 14.5. The van der Waals surface area contributed by atoms with Crippen LogP contribution in [0.3, 0.4) is 0 Å². The van der Waals surface area contributed by atoms with Gasteiger partial charge in [-0.3, -0.25) is 9.59 Å². The standard InChI is InChI=1S/C15H29N3O2.ClH/c1-11-5-6-18(12(7-11)9-16)14(20)10-17-13(19)8-15(2,3)4;/h11-12H,5-10,16H2,1-4H3,(H,17,19);1H. The van der Waals surface area contributed by atoms with Gasteiger partial charge in [0.05, 0.1) is 6.54 Å². The predicted octanol–water partition coefficient (Wildman–Crippen LogP) is 1.55. The van der Waals surface area contributed by atoms with Crippen LogP contribution in [0.4, 0.5) is 0 Å². The van der Waals surface area contributed by atoms with Crippen molar-refractivity contribution in [2.75, 3.05) is 19.6 Å². The largest absolute Gasteiger partial charge is 0.347 e. The Morgan fingerprint density at radius 1 is 1.33 bits per heavy atom. The quantitative estimate of drug-likeness (QED) is 0.825. The molecule has 3 N–H and O–H groups in total. The molecule has 1 aliphatic heterocycles. The Morgan fingerprint density at radius 2 is 1.95 bits per heavy atom. The molecule has 1 rings (SSSR count). The van der Waals surface area contributed by atoms with Crippen LogP contribution in [-0.4, -0.2) is 42.4 Å². The van der Waals surface area contributed by atoms with Crippen LogP contribution >= 0.6 is 12.4 Å². The van der Waals surface area contributed by atoms with E-state index in [2.05, 4.69) is 12.2 Å². The van der Waals surface area contributed by atoms with Gasteiger partial charge >= 0.3 is 0 Å². The summed E-state index contributed by atoms with van der Waals surface area (Å²) in [6.45, 7) is 9.53. The Hall–Kier alpha value is -0.810. The number of nitrogens with zero attached hydrogens (tertiary/aromatic N) is 1. The van der Waals surface area contributed by atoms with Crippen molar-refractivity contribution in [3.8, 4) is 0 Å². The molecule has 2 unspecified atom stereocenters. The van der Waals surface area contributed by atoms with Crippen LogP contribution in [0.15, 0.2) is 0 Å². The number of hydrogen-bond donors (Lipinski definition) is 2. The van der Waals surface area contributed by atoms with Crippen LogP contribution < -0.4 is 11.1 Å². The van der Waals surface area contributed by atoms with Crippen molar-refractivity contribution in [3.63, 3.8) is 0 Å².